The Balaban J connectivity index is 1.73. The number of carbonyl (C=O) groups excluding carboxylic acids is 2. The number of esters is 1. The summed E-state index contributed by atoms with van der Waals surface area (Å²) in [6, 6.07) is 6.16. The lowest BCUT2D eigenvalue weighted by Gasteiger charge is -2.21. The van der Waals surface area contributed by atoms with Crippen molar-refractivity contribution in [1.29, 1.82) is 0 Å². The highest BCUT2D eigenvalue weighted by molar-refractivity contribution is 5.97. The number of carboxylic acid groups (broad SMARTS) is 1. The summed E-state index contributed by atoms with van der Waals surface area (Å²) in [5.74, 6) is -3.61. The van der Waals surface area contributed by atoms with Gasteiger partial charge in [0.05, 0.1) is 30.8 Å². The first-order valence-corrected chi connectivity index (χ1v) is 7.07. The lowest BCUT2D eigenvalue weighted by atomic mass is 9.82. The number of aliphatic carboxylic acids is 1. The summed E-state index contributed by atoms with van der Waals surface area (Å²) in [6.07, 6.45) is 2.32. The van der Waals surface area contributed by atoms with Gasteiger partial charge in [-0.25, -0.2) is 4.79 Å². The predicted octanol–water partition coefficient (Wildman–Crippen LogP) is 1.07. The molecule has 2 aliphatic heterocycles. The van der Waals surface area contributed by atoms with Crippen LogP contribution < -0.4 is 5.32 Å². The summed E-state index contributed by atoms with van der Waals surface area (Å²) >= 11 is 0. The van der Waals surface area contributed by atoms with Gasteiger partial charge in [-0.05, 0) is 24.3 Å². The molecule has 0 spiro atoms. The van der Waals surface area contributed by atoms with Crippen molar-refractivity contribution < 1.29 is 29.0 Å². The van der Waals surface area contributed by atoms with Gasteiger partial charge in [-0.3, -0.25) is 9.59 Å². The third-order valence-corrected chi connectivity index (χ3v) is 4.06. The van der Waals surface area contributed by atoms with Crippen LogP contribution in [0.4, 0.5) is 5.69 Å². The third-order valence-electron chi connectivity index (χ3n) is 4.06. The number of hydrogen-bond donors (Lipinski definition) is 2. The normalized spacial score (nSPS) is 27.7. The molecule has 2 bridgehead atoms. The second-order valence-electron chi connectivity index (χ2n) is 5.40. The Morgan fingerprint density at radius 3 is 2.26 bits per heavy atom. The molecule has 3 rings (SSSR count). The van der Waals surface area contributed by atoms with Gasteiger partial charge in [-0.15, -0.1) is 0 Å². The van der Waals surface area contributed by atoms with Crippen molar-refractivity contribution in [1.82, 2.24) is 0 Å². The molecule has 0 aromatic heterocycles. The maximum atomic E-state index is 12.4. The highest BCUT2D eigenvalue weighted by Crippen LogP contribution is 2.39. The highest BCUT2D eigenvalue weighted by atomic mass is 16.5. The van der Waals surface area contributed by atoms with Crippen molar-refractivity contribution in [3.8, 4) is 0 Å². The van der Waals surface area contributed by atoms with Gasteiger partial charge in [0.2, 0.25) is 5.91 Å². The fourth-order valence-electron chi connectivity index (χ4n) is 2.95. The van der Waals surface area contributed by atoms with E-state index in [-0.39, 0.29) is 0 Å². The molecule has 2 aliphatic rings. The zero-order valence-corrected chi connectivity index (χ0v) is 12.3. The van der Waals surface area contributed by atoms with E-state index in [4.69, 9.17) is 4.74 Å². The van der Waals surface area contributed by atoms with E-state index in [1.807, 2.05) is 0 Å². The maximum Gasteiger partial charge on any atom is 0.337 e. The monoisotopic (exact) mass is 317 g/mol. The largest absolute Gasteiger partial charge is 0.481 e. The molecule has 1 aromatic rings. The number of benzene rings is 1. The van der Waals surface area contributed by atoms with E-state index in [9.17, 15) is 19.5 Å². The van der Waals surface area contributed by atoms with Gasteiger partial charge in [0, 0.05) is 5.69 Å². The molecule has 7 nitrogen and oxygen atoms in total. The molecule has 1 saturated heterocycles. The van der Waals surface area contributed by atoms with E-state index in [2.05, 4.69) is 10.1 Å². The number of carbonyl (C=O) groups is 3. The molecule has 2 heterocycles. The molecule has 23 heavy (non-hydrogen) atoms. The fourth-order valence-corrected chi connectivity index (χ4v) is 2.95. The van der Waals surface area contributed by atoms with Crippen molar-refractivity contribution in [3.63, 3.8) is 0 Å². The van der Waals surface area contributed by atoms with Crippen LogP contribution in [0.5, 0.6) is 0 Å². The Kier molecular flexibility index (Phi) is 3.87. The van der Waals surface area contributed by atoms with E-state index in [0.29, 0.717) is 11.3 Å². The second-order valence-corrected chi connectivity index (χ2v) is 5.40. The number of nitrogens with one attached hydrogen (secondary N) is 1. The first kappa shape index (κ1) is 15.2. The van der Waals surface area contributed by atoms with Crippen molar-refractivity contribution in [2.24, 2.45) is 11.8 Å². The highest BCUT2D eigenvalue weighted by Gasteiger charge is 2.53. The molecule has 0 saturated carbocycles. The predicted molar refractivity (Wildman–Crippen MR) is 78.8 cm³/mol. The Labute approximate surface area is 131 Å². The molecule has 0 unspecified atom stereocenters. The number of rotatable bonds is 4. The van der Waals surface area contributed by atoms with Crippen LogP contribution in [0.25, 0.3) is 0 Å². The summed E-state index contributed by atoms with van der Waals surface area (Å²) < 4.78 is 10.1. The number of anilines is 1. The van der Waals surface area contributed by atoms with E-state index in [0.717, 1.165) is 0 Å². The van der Waals surface area contributed by atoms with E-state index in [1.54, 1.807) is 24.3 Å². The van der Waals surface area contributed by atoms with Gasteiger partial charge >= 0.3 is 11.9 Å². The van der Waals surface area contributed by atoms with Gasteiger partial charge in [0.15, 0.2) is 0 Å². The molecular formula is C16H15NO6. The number of methoxy groups -OCH3 is 1. The van der Waals surface area contributed by atoms with Crippen molar-refractivity contribution >= 4 is 23.5 Å². The number of amides is 1. The van der Waals surface area contributed by atoms with Crippen LogP contribution >= 0.6 is 0 Å². The average molecular weight is 317 g/mol. The van der Waals surface area contributed by atoms with E-state index >= 15 is 0 Å². The molecule has 0 aliphatic carbocycles. The van der Waals surface area contributed by atoms with Gasteiger partial charge in [-0.2, -0.15) is 0 Å². The summed E-state index contributed by atoms with van der Waals surface area (Å²) in [5.41, 5.74) is 0.832. The Morgan fingerprint density at radius 1 is 1.09 bits per heavy atom. The maximum absolute atomic E-state index is 12.4. The summed E-state index contributed by atoms with van der Waals surface area (Å²) in [4.78, 5) is 35.1. The minimum Gasteiger partial charge on any atom is -0.481 e. The lowest BCUT2D eigenvalue weighted by molar-refractivity contribution is -0.145. The summed E-state index contributed by atoms with van der Waals surface area (Å²) in [7, 11) is 1.28. The Bertz CT molecular complexity index is 680. The van der Waals surface area contributed by atoms with Crippen LogP contribution in [-0.4, -0.2) is 42.3 Å². The lowest BCUT2D eigenvalue weighted by Crippen LogP contribution is -2.39. The Morgan fingerprint density at radius 2 is 1.70 bits per heavy atom. The summed E-state index contributed by atoms with van der Waals surface area (Å²) in [5, 5.41) is 12.0. The molecule has 2 N–H and O–H groups in total. The topological polar surface area (TPSA) is 102 Å². The SMILES string of the molecule is COC(=O)c1ccc(NC(=O)[C@H]2[C@H](C(=O)O)[C@H]3C=C[C@H]2O3)cc1. The van der Waals surface area contributed by atoms with Crippen LogP contribution in [0.15, 0.2) is 36.4 Å². The first-order valence-electron chi connectivity index (χ1n) is 7.07. The van der Waals surface area contributed by atoms with Crippen LogP contribution in [-0.2, 0) is 19.1 Å². The average Bonchev–Trinajstić information content (AvgIpc) is 3.15. The summed E-state index contributed by atoms with van der Waals surface area (Å²) in [6.45, 7) is 0. The minimum atomic E-state index is -1.05. The van der Waals surface area contributed by atoms with Crippen LogP contribution in [0.2, 0.25) is 0 Å². The number of hydrogen-bond acceptors (Lipinski definition) is 5. The number of fused-ring (bicyclic) bond motifs is 2. The molecule has 120 valence electrons. The standard InChI is InChI=1S/C16H15NO6/c1-22-16(21)8-2-4-9(5-3-8)17-14(18)12-10-6-7-11(23-10)13(12)15(19)20/h2-7,10-13H,1H3,(H,17,18)(H,19,20)/t10-,11-,12-,13-/m1/s1. The molecule has 1 fully saturated rings. The molecule has 1 amide bonds. The number of carboxylic acids is 1. The smallest absolute Gasteiger partial charge is 0.337 e. The van der Waals surface area contributed by atoms with Crippen molar-refractivity contribution in [2.75, 3.05) is 12.4 Å². The second kappa shape index (κ2) is 5.85. The van der Waals surface area contributed by atoms with Crippen LogP contribution in [0.3, 0.4) is 0 Å². The van der Waals surface area contributed by atoms with Gasteiger partial charge in [0.1, 0.15) is 5.92 Å². The number of ether oxygens (including phenoxy) is 2. The zero-order valence-electron chi connectivity index (χ0n) is 12.3. The van der Waals surface area contributed by atoms with Crippen molar-refractivity contribution in [3.05, 3.63) is 42.0 Å². The van der Waals surface area contributed by atoms with E-state index in [1.165, 1.54) is 19.2 Å². The fraction of sp³-hybridized carbons (Fsp3) is 0.312. The minimum absolute atomic E-state index is 0.361. The van der Waals surface area contributed by atoms with E-state index < -0.39 is 41.9 Å². The molecule has 7 heteroatoms. The quantitative estimate of drug-likeness (QED) is 0.636. The molecular weight excluding hydrogens is 302 g/mol. The van der Waals surface area contributed by atoms with Crippen molar-refractivity contribution in [2.45, 2.75) is 12.2 Å². The van der Waals surface area contributed by atoms with Gasteiger partial charge < -0.3 is 19.9 Å². The Hall–Kier alpha value is -2.67. The molecule has 0 radical (unpaired) electrons. The molecule has 1 aromatic carbocycles. The zero-order chi connectivity index (χ0) is 16.6. The van der Waals surface area contributed by atoms with Gasteiger partial charge in [0.25, 0.3) is 0 Å². The van der Waals surface area contributed by atoms with Gasteiger partial charge in [-0.1, -0.05) is 12.2 Å². The van der Waals surface area contributed by atoms with Crippen LogP contribution in [0, 0.1) is 11.8 Å². The first-order chi connectivity index (χ1) is 11.0. The third kappa shape index (κ3) is 2.70. The van der Waals surface area contributed by atoms with Crippen LogP contribution in [0.1, 0.15) is 10.4 Å². The molecule has 4 atom stereocenters.